The van der Waals surface area contributed by atoms with Crippen LogP contribution in [0.25, 0.3) is 0 Å². The third-order valence-electron chi connectivity index (χ3n) is 3.59. The van der Waals surface area contributed by atoms with Crippen LogP contribution in [-0.2, 0) is 0 Å². The molecule has 5 heteroatoms. The van der Waals surface area contributed by atoms with Gasteiger partial charge in [-0.25, -0.2) is 0 Å². The zero-order valence-electron chi connectivity index (χ0n) is 11.4. The Kier molecular flexibility index (Phi) is 6.43. The number of hydrogen-bond acceptors (Lipinski definition) is 2. The maximum absolute atomic E-state index is 12.1. The topological polar surface area (TPSA) is 15.3 Å². The van der Waals surface area contributed by atoms with E-state index in [0.29, 0.717) is 18.5 Å². The monoisotopic (exact) mass is 266 g/mol. The molecule has 0 aromatic rings. The van der Waals surface area contributed by atoms with E-state index in [9.17, 15) is 13.2 Å². The van der Waals surface area contributed by atoms with E-state index in [1.165, 1.54) is 0 Å². The molecule has 0 atom stereocenters. The molecule has 1 N–H and O–H groups in total. The fourth-order valence-electron chi connectivity index (χ4n) is 2.44. The fraction of sp³-hybridized carbons (Fsp3) is 1.00. The van der Waals surface area contributed by atoms with E-state index < -0.39 is 12.6 Å². The molecule has 2 nitrogen and oxygen atoms in total. The quantitative estimate of drug-likeness (QED) is 0.795. The van der Waals surface area contributed by atoms with Gasteiger partial charge in [0.15, 0.2) is 0 Å². The van der Waals surface area contributed by atoms with Gasteiger partial charge < -0.3 is 10.2 Å². The molecule has 108 valence electrons. The average molecular weight is 266 g/mol. The number of nitrogens with zero attached hydrogens (tertiary/aromatic N) is 1. The zero-order chi connectivity index (χ0) is 13.6. The van der Waals surface area contributed by atoms with E-state index in [1.807, 2.05) is 0 Å². The number of halogens is 3. The normalized spacial score (nSPS) is 18.8. The van der Waals surface area contributed by atoms with E-state index in [-0.39, 0.29) is 6.42 Å². The molecule has 1 heterocycles. The van der Waals surface area contributed by atoms with Crippen LogP contribution in [0.2, 0.25) is 0 Å². The molecule has 1 aliphatic rings. The summed E-state index contributed by atoms with van der Waals surface area (Å²) in [5.74, 6) is 0.638. The van der Waals surface area contributed by atoms with Crippen molar-refractivity contribution in [1.82, 2.24) is 10.2 Å². The molecule has 0 aromatic carbocycles. The lowest BCUT2D eigenvalue weighted by molar-refractivity contribution is -0.136. The fourth-order valence-corrected chi connectivity index (χ4v) is 2.44. The third-order valence-corrected chi connectivity index (χ3v) is 3.59. The smallest absolute Gasteiger partial charge is 0.317 e. The summed E-state index contributed by atoms with van der Waals surface area (Å²) in [5, 5.41) is 3.31. The average Bonchev–Trinajstić information content (AvgIpc) is 2.27. The molecule has 18 heavy (non-hydrogen) atoms. The highest BCUT2D eigenvalue weighted by Gasteiger charge is 2.27. The first-order chi connectivity index (χ1) is 8.38. The molecule has 0 aliphatic carbocycles. The first-order valence-corrected chi connectivity index (χ1v) is 6.90. The van der Waals surface area contributed by atoms with Crippen molar-refractivity contribution in [3.05, 3.63) is 0 Å². The number of hydrogen-bond donors (Lipinski definition) is 1. The van der Waals surface area contributed by atoms with Crippen molar-refractivity contribution >= 4 is 0 Å². The summed E-state index contributed by atoms with van der Waals surface area (Å²) < 4.78 is 36.4. The Morgan fingerprint density at radius 2 is 1.83 bits per heavy atom. The van der Waals surface area contributed by atoms with Crippen molar-refractivity contribution < 1.29 is 13.2 Å². The first kappa shape index (κ1) is 15.8. The van der Waals surface area contributed by atoms with Crippen LogP contribution in [0.5, 0.6) is 0 Å². The summed E-state index contributed by atoms with van der Waals surface area (Å²) in [6.45, 7) is 7.71. The van der Waals surface area contributed by atoms with E-state index >= 15 is 0 Å². The van der Waals surface area contributed by atoms with E-state index in [0.717, 1.165) is 32.5 Å². The molecule has 0 aromatic heterocycles. The largest absolute Gasteiger partial charge is 0.389 e. The number of piperidine rings is 1. The maximum atomic E-state index is 12.1. The Hall–Kier alpha value is -0.290. The van der Waals surface area contributed by atoms with Crippen LogP contribution in [0, 0.1) is 5.92 Å². The summed E-state index contributed by atoms with van der Waals surface area (Å²) in [4.78, 5) is 2.20. The minimum atomic E-state index is -4.02. The van der Waals surface area contributed by atoms with E-state index in [2.05, 4.69) is 24.1 Å². The first-order valence-electron chi connectivity index (χ1n) is 6.90. The lowest BCUT2D eigenvalue weighted by Crippen LogP contribution is -2.40. The second-order valence-corrected chi connectivity index (χ2v) is 5.50. The number of rotatable bonds is 6. The Morgan fingerprint density at radius 3 is 2.33 bits per heavy atom. The second-order valence-electron chi connectivity index (χ2n) is 5.50. The van der Waals surface area contributed by atoms with Crippen LogP contribution >= 0.6 is 0 Å². The third kappa shape index (κ3) is 6.59. The summed E-state index contributed by atoms with van der Waals surface area (Å²) in [5.41, 5.74) is 0. The van der Waals surface area contributed by atoms with E-state index in [1.54, 1.807) is 0 Å². The van der Waals surface area contributed by atoms with Crippen molar-refractivity contribution in [3.63, 3.8) is 0 Å². The molecular weight excluding hydrogens is 241 g/mol. The molecule has 1 rings (SSSR count). The molecule has 1 saturated heterocycles. The molecule has 0 amide bonds. The van der Waals surface area contributed by atoms with Gasteiger partial charge in [0.25, 0.3) is 0 Å². The van der Waals surface area contributed by atoms with Gasteiger partial charge in [-0.05, 0) is 58.7 Å². The van der Waals surface area contributed by atoms with Gasteiger partial charge in [0.2, 0.25) is 0 Å². The highest BCUT2D eigenvalue weighted by molar-refractivity contribution is 4.74. The van der Waals surface area contributed by atoms with Gasteiger partial charge >= 0.3 is 6.18 Å². The molecule has 0 radical (unpaired) electrons. The van der Waals surface area contributed by atoms with Gasteiger partial charge in [-0.2, -0.15) is 13.2 Å². The van der Waals surface area contributed by atoms with E-state index in [4.69, 9.17) is 0 Å². The maximum Gasteiger partial charge on any atom is 0.389 e. The van der Waals surface area contributed by atoms with Crippen LogP contribution in [0.4, 0.5) is 13.2 Å². The van der Waals surface area contributed by atoms with Gasteiger partial charge in [-0.15, -0.1) is 0 Å². The van der Waals surface area contributed by atoms with Crippen molar-refractivity contribution in [2.45, 2.75) is 51.7 Å². The molecular formula is C13H25F3N2. The second kappa shape index (κ2) is 7.34. The van der Waals surface area contributed by atoms with Gasteiger partial charge in [0.1, 0.15) is 0 Å². The Morgan fingerprint density at radius 1 is 1.22 bits per heavy atom. The summed E-state index contributed by atoms with van der Waals surface area (Å²) in [6.07, 6.45) is -2.18. The minimum absolute atomic E-state index is 0.215. The van der Waals surface area contributed by atoms with Crippen molar-refractivity contribution in [2.75, 3.05) is 26.2 Å². The van der Waals surface area contributed by atoms with Crippen LogP contribution in [0.3, 0.4) is 0 Å². The molecule has 0 bridgehead atoms. The van der Waals surface area contributed by atoms with Crippen molar-refractivity contribution in [2.24, 2.45) is 5.92 Å². The van der Waals surface area contributed by atoms with Crippen LogP contribution in [0.1, 0.15) is 39.5 Å². The number of nitrogens with one attached hydrogen (secondary N) is 1. The summed E-state index contributed by atoms with van der Waals surface area (Å²) in [6, 6.07) is 0.327. The molecule has 0 unspecified atom stereocenters. The van der Waals surface area contributed by atoms with Crippen LogP contribution in [0.15, 0.2) is 0 Å². The van der Waals surface area contributed by atoms with Crippen molar-refractivity contribution in [1.29, 1.82) is 0 Å². The SMILES string of the molecule is CC(C)N(CCCC(F)(F)F)CC1CCNCC1. The lowest BCUT2D eigenvalue weighted by Gasteiger charge is -2.32. The molecule has 1 aliphatic heterocycles. The standard InChI is InChI=1S/C13H25F3N2/c1-11(2)18(9-3-6-13(14,15)16)10-12-4-7-17-8-5-12/h11-12,17H,3-10H2,1-2H3. The Bertz CT molecular complexity index is 223. The predicted octanol–water partition coefficient (Wildman–Crippen LogP) is 3.04. The highest BCUT2D eigenvalue weighted by Crippen LogP contribution is 2.22. The highest BCUT2D eigenvalue weighted by atomic mass is 19.4. The van der Waals surface area contributed by atoms with Gasteiger partial charge in [0.05, 0.1) is 0 Å². The Labute approximate surface area is 108 Å². The van der Waals surface area contributed by atoms with Crippen LogP contribution in [-0.4, -0.2) is 43.3 Å². The molecule has 1 fully saturated rings. The predicted molar refractivity (Wildman–Crippen MR) is 67.6 cm³/mol. The molecule has 0 saturated carbocycles. The lowest BCUT2D eigenvalue weighted by atomic mass is 9.97. The summed E-state index contributed by atoms with van der Waals surface area (Å²) in [7, 11) is 0. The van der Waals surface area contributed by atoms with Crippen molar-refractivity contribution in [3.8, 4) is 0 Å². The minimum Gasteiger partial charge on any atom is -0.317 e. The Balaban J connectivity index is 2.30. The van der Waals surface area contributed by atoms with Gasteiger partial charge in [-0.1, -0.05) is 0 Å². The van der Waals surface area contributed by atoms with Gasteiger partial charge in [-0.3, -0.25) is 0 Å². The summed E-state index contributed by atoms with van der Waals surface area (Å²) >= 11 is 0. The van der Waals surface area contributed by atoms with Crippen LogP contribution < -0.4 is 5.32 Å². The number of alkyl halides is 3. The van der Waals surface area contributed by atoms with Gasteiger partial charge in [0, 0.05) is 19.0 Å². The zero-order valence-corrected chi connectivity index (χ0v) is 11.4. The molecule has 0 spiro atoms.